The van der Waals surface area contributed by atoms with Crippen LogP contribution in [0.5, 0.6) is 0 Å². The van der Waals surface area contributed by atoms with Crippen LogP contribution in [0.4, 0.5) is 0 Å². The maximum atomic E-state index is 11.5. The first kappa shape index (κ1) is 20.7. The molecule has 150 valence electrons. The molecular weight excluding hydrogens is 394 g/mol. The molecule has 0 saturated heterocycles. The molecule has 2 N–H and O–H groups in total. The number of halogens is 1. The van der Waals surface area contributed by atoms with Gasteiger partial charge in [-0.25, -0.2) is 8.42 Å². The summed E-state index contributed by atoms with van der Waals surface area (Å²) in [5.74, 6) is 0.765. The summed E-state index contributed by atoms with van der Waals surface area (Å²) in [6.07, 6.45) is 4.29. The maximum Gasteiger partial charge on any atom is 0.191 e. The maximum absolute atomic E-state index is 11.5. The molecular formula is C21H26ClN3O2S. The number of nitrogens with one attached hydrogen (secondary N) is 2. The van der Waals surface area contributed by atoms with E-state index in [1.165, 1.54) is 11.8 Å². The molecule has 0 atom stereocenters. The van der Waals surface area contributed by atoms with Gasteiger partial charge >= 0.3 is 0 Å². The third-order valence-electron chi connectivity index (χ3n) is 5.17. The first-order valence-corrected chi connectivity index (χ1v) is 11.6. The Labute approximate surface area is 172 Å². The number of hydrogen-bond donors (Lipinski definition) is 2. The van der Waals surface area contributed by atoms with Gasteiger partial charge in [-0.1, -0.05) is 35.9 Å². The van der Waals surface area contributed by atoms with E-state index in [0.29, 0.717) is 11.4 Å². The van der Waals surface area contributed by atoms with Crippen LogP contribution in [0.25, 0.3) is 0 Å². The van der Waals surface area contributed by atoms with E-state index >= 15 is 0 Å². The smallest absolute Gasteiger partial charge is 0.191 e. The Morgan fingerprint density at radius 1 is 1.14 bits per heavy atom. The lowest BCUT2D eigenvalue weighted by molar-refractivity contribution is 0.602. The molecule has 0 radical (unpaired) electrons. The van der Waals surface area contributed by atoms with Crippen molar-refractivity contribution in [2.24, 2.45) is 4.99 Å². The first-order chi connectivity index (χ1) is 13.3. The molecule has 0 heterocycles. The van der Waals surface area contributed by atoms with Crippen LogP contribution in [-0.4, -0.2) is 40.8 Å². The Bertz CT molecular complexity index is 952. The Morgan fingerprint density at radius 2 is 1.86 bits per heavy atom. The highest BCUT2D eigenvalue weighted by Gasteiger charge is 2.44. The number of nitrogens with zero attached hydrogens (tertiary/aromatic N) is 1. The van der Waals surface area contributed by atoms with Crippen molar-refractivity contribution in [3.05, 3.63) is 64.7 Å². The van der Waals surface area contributed by atoms with E-state index in [0.717, 1.165) is 42.4 Å². The van der Waals surface area contributed by atoms with Gasteiger partial charge in [0.25, 0.3) is 0 Å². The zero-order valence-corrected chi connectivity index (χ0v) is 17.8. The molecule has 1 fully saturated rings. The molecule has 5 nitrogen and oxygen atoms in total. The predicted molar refractivity (Wildman–Crippen MR) is 115 cm³/mol. The van der Waals surface area contributed by atoms with Gasteiger partial charge in [0.1, 0.15) is 0 Å². The molecule has 0 aliphatic heterocycles. The summed E-state index contributed by atoms with van der Waals surface area (Å²) < 4.78 is 23.0. The predicted octanol–water partition coefficient (Wildman–Crippen LogP) is 3.18. The normalized spacial score (nSPS) is 15.9. The minimum absolute atomic E-state index is 0.143. The molecule has 0 spiro atoms. The fourth-order valence-corrected chi connectivity index (χ4v) is 4.06. The highest BCUT2D eigenvalue weighted by atomic mass is 35.5. The van der Waals surface area contributed by atoms with Crippen molar-refractivity contribution >= 4 is 27.4 Å². The van der Waals surface area contributed by atoms with Crippen molar-refractivity contribution < 1.29 is 8.42 Å². The van der Waals surface area contributed by atoms with Crippen LogP contribution < -0.4 is 10.6 Å². The van der Waals surface area contributed by atoms with Gasteiger partial charge < -0.3 is 10.6 Å². The third-order valence-corrected chi connectivity index (χ3v) is 6.53. The zero-order chi connectivity index (χ0) is 20.2. The number of rotatable bonds is 7. The Kier molecular flexibility index (Phi) is 6.30. The topological polar surface area (TPSA) is 70.6 Å². The number of hydrogen-bond acceptors (Lipinski definition) is 3. The summed E-state index contributed by atoms with van der Waals surface area (Å²) in [5.41, 5.74) is 2.49. The Hall–Kier alpha value is -2.05. The van der Waals surface area contributed by atoms with Gasteiger partial charge in [0, 0.05) is 36.8 Å². The molecule has 2 aromatic rings. The van der Waals surface area contributed by atoms with E-state index < -0.39 is 9.84 Å². The lowest BCUT2D eigenvalue weighted by Gasteiger charge is -2.19. The van der Waals surface area contributed by atoms with Crippen molar-refractivity contribution in [3.63, 3.8) is 0 Å². The molecule has 0 amide bonds. The van der Waals surface area contributed by atoms with Crippen molar-refractivity contribution in [1.82, 2.24) is 10.6 Å². The van der Waals surface area contributed by atoms with Crippen LogP contribution >= 0.6 is 11.6 Å². The summed E-state index contributed by atoms with van der Waals surface area (Å²) >= 11 is 6.14. The quantitative estimate of drug-likeness (QED) is 0.534. The molecule has 2 aromatic carbocycles. The number of guanidine groups is 1. The fourth-order valence-electron chi connectivity index (χ4n) is 3.24. The first-order valence-electron chi connectivity index (χ1n) is 9.32. The van der Waals surface area contributed by atoms with Gasteiger partial charge in [-0.3, -0.25) is 4.99 Å². The van der Waals surface area contributed by atoms with Crippen molar-refractivity contribution in [2.75, 3.05) is 26.4 Å². The van der Waals surface area contributed by atoms with E-state index in [1.807, 2.05) is 30.3 Å². The lowest BCUT2D eigenvalue weighted by Crippen LogP contribution is -2.41. The Morgan fingerprint density at radius 3 is 2.43 bits per heavy atom. The van der Waals surface area contributed by atoms with Gasteiger partial charge in [-0.15, -0.1) is 0 Å². The van der Waals surface area contributed by atoms with E-state index in [9.17, 15) is 8.42 Å². The van der Waals surface area contributed by atoms with Crippen molar-refractivity contribution in [2.45, 2.75) is 29.6 Å². The summed E-state index contributed by atoms with van der Waals surface area (Å²) in [6, 6.07) is 15.1. The SMILES string of the molecule is CN=C(NCCc1ccc(S(C)(=O)=O)cc1)NCC1(c2cccc(Cl)c2)CC1. The fraction of sp³-hybridized carbons (Fsp3) is 0.381. The summed E-state index contributed by atoms with van der Waals surface area (Å²) in [7, 11) is -1.39. The van der Waals surface area contributed by atoms with Crippen LogP contribution in [0.2, 0.25) is 5.02 Å². The van der Waals surface area contributed by atoms with Gasteiger partial charge in [-0.2, -0.15) is 0 Å². The van der Waals surface area contributed by atoms with Gasteiger partial charge in [0.2, 0.25) is 0 Å². The second-order valence-corrected chi connectivity index (χ2v) is 9.76. The molecule has 1 aliphatic carbocycles. The highest BCUT2D eigenvalue weighted by Crippen LogP contribution is 2.48. The zero-order valence-electron chi connectivity index (χ0n) is 16.2. The van der Waals surface area contributed by atoms with E-state index in [1.54, 1.807) is 19.2 Å². The van der Waals surface area contributed by atoms with Gasteiger partial charge in [0.15, 0.2) is 15.8 Å². The summed E-state index contributed by atoms with van der Waals surface area (Å²) in [5, 5.41) is 7.51. The molecule has 0 aromatic heterocycles. The number of benzene rings is 2. The largest absolute Gasteiger partial charge is 0.356 e. The highest BCUT2D eigenvalue weighted by molar-refractivity contribution is 7.90. The Balaban J connectivity index is 1.49. The van der Waals surface area contributed by atoms with Crippen LogP contribution in [0, 0.1) is 0 Å². The minimum atomic E-state index is -3.15. The summed E-state index contributed by atoms with van der Waals surface area (Å²) in [6.45, 7) is 1.53. The molecule has 0 unspecified atom stereocenters. The molecule has 3 rings (SSSR count). The average molecular weight is 420 g/mol. The second kappa shape index (κ2) is 8.53. The standard InChI is InChI=1S/C21H26ClN3O2S/c1-23-20(24-13-10-16-6-8-19(9-7-16)28(2,26)27)25-15-21(11-12-21)17-4-3-5-18(22)14-17/h3-9,14H,10-13,15H2,1-2H3,(H2,23,24,25). The molecule has 28 heavy (non-hydrogen) atoms. The molecule has 0 bridgehead atoms. The van der Waals surface area contributed by atoms with E-state index in [4.69, 9.17) is 11.6 Å². The van der Waals surface area contributed by atoms with Crippen molar-refractivity contribution in [1.29, 1.82) is 0 Å². The van der Waals surface area contributed by atoms with Gasteiger partial charge in [0.05, 0.1) is 4.90 Å². The van der Waals surface area contributed by atoms with E-state index in [2.05, 4.69) is 21.7 Å². The van der Waals surface area contributed by atoms with E-state index in [-0.39, 0.29) is 5.41 Å². The number of sulfone groups is 1. The number of aliphatic imine (C=N–C) groups is 1. The average Bonchev–Trinajstić information content (AvgIpc) is 3.45. The molecule has 1 aliphatic rings. The van der Waals surface area contributed by atoms with Crippen LogP contribution in [-0.2, 0) is 21.7 Å². The second-order valence-electron chi connectivity index (χ2n) is 7.31. The van der Waals surface area contributed by atoms with Crippen LogP contribution in [0.3, 0.4) is 0 Å². The van der Waals surface area contributed by atoms with Crippen molar-refractivity contribution in [3.8, 4) is 0 Å². The molecule has 7 heteroatoms. The monoisotopic (exact) mass is 419 g/mol. The van der Waals surface area contributed by atoms with Gasteiger partial charge in [-0.05, 0) is 54.7 Å². The van der Waals surface area contributed by atoms with Crippen LogP contribution in [0.15, 0.2) is 58.4 Å². The van der Waals surface area contributed by atoms with Crippen LogP contribution in [0.1, 0.15) is 24.0 Å². The summed E-state index contributed by atoms with van der Waals surface area (Å²) in [4.78, 5) is 4.64. The minimum Gasteiger partial charge on any atom is -0.356 e. The lowest BCUT2D eigenvalue weighted by atomic mass is 9.96. The molecule has 1 saturated carbocycles. The third kappa shape index (κ3) is 5.26.